The lowest BCUT2D eigenvalue weighted by Crippen LogP contribution is -2.69. The number of nitrogens with zero attached hydrogens (tertiary/aromatic N) is 3. The summed E-state index contributed by atoms with van der Waals surface area (Å²) in [4.78, 5) is 21.5. The molecule has 9 heteroatoms. The SMILES string of the molecule is C=C(C)[C@@H]1CC[C@]2(CCCCCN3CCS(=O)(=O)CC3)CC[C@]3(C)[C@H](CC[C@@H]4[C@@]5(C)CCN(c6ncc(C(=O)O)s6)C(C)(C)[C@@H]5CC[C@]43C)[C@@H]12. The second-order valence-electron chi connectivity index (χ2n) is 19.2. The number of allylic oxidation sites excluding steroid dienone is 1. The first-order chi connectivity index (χ1) is 23.5. The van der Waals surface area contributed by atoms with Gasteiger partial charge in [-0.1, -0.05) is 57.1 Å². The maximum absolute atomic E-state index is 11.9. The molecule has 50 heavy (non-hydrogen) atoms. The van der Waals surface area contributed by atoms with E-state index in [9.17, 15) is 18.3 Å². The highest BCUT2D eigenvalue weighted by atomic mass is 32.2. The van der Waals surface area contributed by atoms with Crippen molar-refractivity contribution < 1.29 is 18.3 Å². The van der Waals surface area contributed by atoms with Crippen molar-refractivity contribution in [2.75, 3.05) is 42.6 Å². The predicted octanol–water partition coefficient (Wildman–Crippen LogP) is 8.96. The highest BCUT2D eigenvalue weighted by Gasteiger charge is 2.70. The third-order valence-electron chi connectivity index (χ3n) is 16.9. The number of aromatic carboxylic acids is 1. The average molecular weight is 728 g/mol. The van der Waals surface area contributed by atoms with Gasteiger partial charge in [-0.05, 0) is 149 Å². The quantitative estimate of drug-likeness (QED) is 0.201. The minimum atomic E-state index is -2.81. The standard InChI is InChI=1S/C41H65N3O4S2/c1-28(2)29-13-17-41(15-9-8-10-21-43-23-25-50(47,48)26-24-43)19-18-39(6)30(34(29)41)11-12-33-38(5)20-22-44(36-42-27-31(49-36)35(45)46)37(3,4)32(38)14-16-40(33,39)7/h27,29-30,32-34H,1,8-26H2,2-7H3,(H,45,46)/t29-,30+,32-,33+,34+,38-,39+,40+,41+/m0/s1. The first-order valence-corrected chi connectivity index (χ1v) is 22.7. The van der Waals surface area contributed by atoms with Gasteiger partial charge in [0.05, 0.1) is 17.7 Å². The molecule has 4 aliphatic carbocycles. The zero-order valence-corrected chi connectivity index (χ0v) is 33.6. The van der Waals surface area contributed by atoms with Crippen molar-refractivity contribution in [2.45, 2.75) is 131 Å². The molecule has 1 aromatic rings. The number of hydrogen-bond donors (Lipinski definition) is 1. The maximum Gasteiger partial charge on any atom is 0.347 e. The molecule has 1 aromatic heterocycles. The lowest BCUT2D eigenvalue weighted by molar-refractivity contribution is -0.228. The summed E-state index contributed by atoms with van der Waals surface area (Å²) in [6.07, 6.45) is 18.4. The highest BCUT2D eigenvalue weighted by molar-refractivity contribution is 7.91. The Balaban J connectivity index is 1.08. The normalized spacial score (nSPS) is 42.2. The molecule has 1 N–H and O–H groups in total. The molecule has 2 aliphatic heterocycles. The Bertz CT molecular complexity index is 1570. The Morgan fingerprint density at radius 1 is 0.920 bits per heavy atom. The van der Waals surface area contributed by atoms with E-state index in [1.807, 2.05) is 0 Å². The van der Waals surface area contributed by atoms with E-state index < -0.39 is 15.8 Å². The van der Waals surface area contributed by atoms with Gasteiger partial charge in [0.25, 0.3) is 0 Å². The van der Waals surface area contributed by atoms with Gasteiger partial charge in [-0.3, -0.25) is 0 Å². The zero-order chi connectivity index (χ0) is 35.9. The smallest absolute Gasteiger partial charge is 0.347 e. The number of rotatable bonds is 9. The van der Waals surface area contributed by atoms with Crippen LogP contribution in [-0.4, -0.2) is 72.6 Å². The third kappa shape index (κ3) is 5.75. The minimum Gasteiger partial charge on any atom is -0.477 e. The molecule has 9 atom stereocenters. The summed E-state index contributed by atoms with van der Waals surface area (Å²) in [6, 6.07) is 0. The van der Waals surface area contributed by atoms with Gasteiger partial charge in [0.1, 0.15) is 4.88 Å². The van der Waals surface area contributed by atoms with Crippen LogP contribution in [-0.2, 0) is 9.84 Å². The monoisotopic (exact) mass is 727 g/mol. The number of hydrogen-bond acceptors (Lipinski definition) is 7. The molecule has 7 rings (SSSR count). The van der Waals surface area contributed by atoms with E-state index in [-0.39, 0.29) is 11.0 Å². The van der Waals surface area contributed by atoms with Crippen LogP contribution in [0.5, 0.6) is 0 Å². The number of thiazole rings is 1. The number of sulfone groups is 1. The topological polar surface area (TPSA) is 90.8 Å². The van der Waals surface area contributed by atoms with Crippen LogP contribution >= 0.6 is 11.3 Å². The van der Waals surface area contributed by atoms with Crippen LogP contribution in [0.1, 0.15) is 135 Å². The lowest BCUT2D eigenvalue weighted by Gasteiger charge is -2.73. The van der Waals surface area contributed by atoms with Crippen LogP contribution in [0.4, 0.5) is 5.13 Å². The van der Waals surface area contributed by atoms with E-state index in [1.54, 1.807) is 6.20 Å². The molecule has 3 heterocycles. The number of aromatic nitrogens is 1. The second kappa shape index (κ2) is 12.8. The second-order valence-corrected chi connectivity index (χ2v) is 22.5. The van der Waals surface area contributed by atoms with Crippen LogP contribution in [0, 0.1) is 51.2 Å². The molecule has 280 valence electrons. The highest BCUT2D eigenvalue weighted by Crippen LogP contribution is 2.77. The number of carboxylic acids is 1. The van der Waals surface area contributed by atoms with Crippen molar-refractivity contribution in [3.8, 4) is 0 Å². The number of fused-ring (bicyclic) bond motifs is 7. The molecule has 7 nitrogen and oxygen atoms in total. The van der Waals surface area contributed by atoms with Crippen LogP contribution in [0.25, 0.3) is 0 Å². The van der Waals surface area contributed by atoms with E-state index in [2.05, 4.69) is 62.9 Å². The fraction of sp³-hybridized carbons (Fsp3) is 0.854. The van der Waals surface area contributed by atoms with Gasteiger partial charge < -0.3 is 14.9 Å². The molecule has 0 radical (unpaired) electrons. The van der Waals surface area contributed by atoms with Crippen LogP contribution in [0.3, 0.4) is 0 Å². The van der Waals surface area contributed by atoms with Crippen molar-refractivity contribution in [1.82, 2.24) is 9.88 Å². The van der Waals surface area contributed by atoms with Crippen LogP contribution < -0.4 is 4.90 Å². The van der Waals surface area contributed by atoms with Gasteiger partial charge in [-0.2, -0.15) is 0 Å². The Labute approximate surface area is 307 Å². The summed E-state index contributed by atoms with van der Waals surface area (Å²) in [7, 11) is -2.81. The first kappa shape index (κ1) is 36.9. The molecule has 6 fully saturated rings. The molecule has 0 spiro atoms. The van der Waals surface area contributed by atoms with Gasteiger partial charge in [0, 0.05) is 25.2 Å². The fourth-order valence-electron chi connectivity index (χ4n) is 14.2. The van der Waals surface area contributed by atoms with Gasteiger partial charge in [-0.25, -0.2) is 18.2 Å². The third-order valence-corrected chi connectivity index (χ3v) is 19.6. The first-order valence-electron chi connectivity index (χ1n) is 20.0. The minimum absolute atomic E-state index is 0.0797. The summed E-state index contributed by atoms with van der Waals surface area (Å²) >= 11 is 1.34. The summed E-state index contributed by atoms with van der Waals surface area (Å²) in [5.41, 5.74) is 2.69. The molecule has 0 unspecified atom stereocenters. The van der Waals surface area contributed by atoms with Crippen molar-refractivity contribution in [2.24, 2.45) is 51.2 Å². The lowest BCUT2D eigenvalue weighted by atomic mass is 9.33. The van der Waals surface area contributed by atoms with E-state index in [4.69, 9.17) is 0 Å². The average Bonchev–Trinajstić information content (AvgIpc) is 3.68. The number of piperidine rings is 1. The van der Waals surface area contributed by atoms with Crippen molar-refractivity contribution in [1.29, 1.82) is 0 Å². The van der Waals surface area contributed by atoms with Crippen LogP contribution in [0.15, 0.2) is 18.3 Å². The summed E-state index contributed by atoms with van der Waals surface area (Å²) in [6.45, 7) is 23.3. The molecule has 2 saturated heterocycles. The van der Waals surface area contributed by atoms with Crippen molar-refractivity contribution in [3.63, 3.8) is 0 Å². The van der Waals surface area contributed by atoms with E-state index in [0.29, 0.717) is 63.5 Å². The Hall–Kier alpha value is -1.45. The van der Waals surface area contributed by atoms with Gasteiger partial charge in [0.15, 0.2) is 15.0 Å². The van der Waals surface area contributed by atoms with E-state index >= 15 is 0 Å². The van der Waals surface area contributed by atoms with Crippen LogP contribution in [0.2, 0.25) is 0 Å². The largest absolute Gasteiger partial charge is 0.477 e. The zero-order valence-electron chi connectivity index (χ0n) is 31.9. The molecule has 0 bridgehead atoms. The summed E-state index contributed by atoms with van der Waals surface area (Å²) in [5.74, 6) is 3.19. The summed E-state index contributed by atoms with van der Waals surface area (Å²) < 4.78 is 23.8. The Morgan fingerprint density at radius 2 is 1.66 bits per heavy atom. The summed E-state index contributed by atoms with van der Waals surface area (Å²) in [5, 5.41) is 10.5. The van der Waals surface area contributed by atoms with Crippen molar-refractivity contribution >= 4 is 32.3 Å². The number of carbonyl (C=O) groups is 1. The molecule has 0 amide bonds. The molecule has 6 aliphatic rings. The van der Waals surface area contributed by atoms with Gasteiger partial charge in [0.2, 0.25) is 0 Å². The number of unbranched alkanes of at least 4 members (excludes halogenated alkanes) is 2. The van der Waals surface area contributed by atoms with Gasteiger partial charge in [-0.15, -0.1) is 0 Å². The molecule has 4 saturated carbocycles. The van der Waals surface area contributed by atoms with E-state index in [1.165, 1.54) is 94.0 Å². The fourth-order valence-corrected chi connectivity index (χ4v) is 16.4. The number of carboxylic acid groups (broad SMARTS) is 1. The predicted molar refractivity (Wildman–Crippen MR) is 205 cm³/mol. The Morgan fingerprint density at radius 3 is 2.34 bits per heavy atom. The van der Waals surface area contributed by atoms with Crippen molar-refractivity contribution in [3.05, 3.63) is 23.2 Å². The Kier molecular flexibility index (Phi) is 9.48. The molecular weight excluding hydrogens is 663 g/mol. The molecular formula is C41H65N3O4S2. The number of anilines is 1. The maximum atomic E-state index is 11.9. The van der Waals surface area contributed by atoms with Gasteiger partial charge >= 0.3 is 5.97 Å². The van der Waals surface area contributed by atoms with E-state index in [0.717, 1.165) is 36.5 Å². The molecule has 0 aromatic carbocycles.